The normalized spacial score (nSPS) is 14.3. The van der Waals surface area contributed by atoms with Crippen molar-refractivity contribution in [2.75, 3.05) is 13.2 Å². The lowest BCUT2D eigenvalue weighted by Crippen LogP contribution is -2.36. The minimum Gasteiger partial charge on any atom is -0.464 e. The topological polar surface area (TPSA) is 46.5 Å². The Morgan fingerprint density at radius 2 is 1.94 bits per heavy atom. The second kappa shape index (κ2) is 6.55. The van der Waals surface area contributed by atoms with E-state index in [4.69, 9.17) is 4.74 Å². The number of ether oxygens (including phenoxy) is 1. The third-order valence-corrected chi connectivity index (χ3v) is 3.33. The quantitative estimate of drug-likeness (QED) is 0.789. The molecule has 0 aromatic heterocycles. The Balaban J connectivity index is 2.85. The molecule has 0 radical (unpaired) electrons. The predicted molar refractivity (Wildman–Crippen MR) is 71.3 cm³/mol. The van der Waals surface area contributed by atoms with Gasteiger partial charge in [0.25, 0.3) is 0 Å². The molecule has 3 nitrogen and oxygen atoms in total. The fraction of sp³-hybridized carbons (Fsp3) is 0.533. The molecule has 0 aliphatic rings. The molecular weight excluding hydrogens is 228 g/mol. The van der Waals surface area contributed by atoms with E-state index in [9.17, 15) is 9.90 Å². The average Bonchev–Trinajstić information content (AvgIpc) is 2.41. The van der Waals surface area contributed by atoms with Crippen molar-refractivity contribution in [3.05, 3.63) is 35.9 Å². The Morgan fingerprint density at radius 3 is 2.39 bits per heavy atom. The van der Waals surface area contributed by atoms with Gasteiger partial charge in [0, 0.05) is 0 Å². The fourth-order valence-electron chi connectivity index (χ4n) is 1.81. The van der Waals surface area contributed by atoms with E-state index in [1.54, 1.807) is 13.8 Å². The van der Waals surface area contributed by atoms with E-state index in [0.717, 1.165) is 12.0 Å². The largest absolute Gasteiger partial charge is 0.464 e. The lowest BCUT2D eigenvalue weighted by molar-refractivity contribution is -0.150. The summed E-state index contributed by atoms with van der Waals surface area (Å²) in [4.78, 5) is 11.5. The SMILES string of the molecule is CC[C@](CO)(COC(=O)C(C)C)c1ccccc1. The molecule has 0 aliphatic carbocycles. The van der Waals surface area contributed by atoms with E-state index < -0.39 is 5.41 Å². The van der Waals surface area contributed by atoms with Crippen molar-refractivity contribution in [1.82, 2.24) is 0 Å². The van der Waals surface area contributed by atoms with Gasteiger partial charge in [0.05, 0.1) is 17.9 Å². The number of esters is 1. The maximum atomic E-state index is 11.5. The van der Waals surface area contributed by atoms with Gasteiger partial charge < -0.3 is 9.84 Å². The maximum Gasteiger partial charge on any atom is 0.308 e. The molecule has 0 heterocycles. The number of carbonyl (C=O) groups excluding carboxylic acids is 1. The van der Waals surface area contributed by atoms with Gasteiger partial charge in [-0.3, -0.25) is 4.79 Å². The first-order chi connectivity index (χ1) is 8.55. The molecule has 0 saturated carbocycles. The highest BCUT2D eigenvalue weighted by Crippen LogP contribution is 2.28. The van der Waals surface area contributed by atoms with E-state index in [2.05, 4.69) is 0 Å². The van der Waals surface area contributed by atoms with Crippen molar-refractivity contribution in [2.24, 2.45) is 5.92 Å². The number of hydrogen-bond donors (Lipinski definition) is 1. The minimum atomic E-state index is -0.494. The number of aliphatic hydroxyl groups excluding tert-OH is 1. The molecule has 0 aliphatic heterocycles. The summed E-state index contributed by atoms with van der Waals surface area (Å²) in [6, 6.07) is 9.71. The maximum absolute atomic E-state index is 11.5. The first-order valence-corrected chi connectivity index (χ1v) is 6.38. The highest BCUT2D eigenvalue weighted by Gasteiger charge is 2.31. The highest BCUT2D eigenvalue weighted by atomic mass is 16.5. The number of carbonyl (C=O) groups is 1. The monoisotopic (exact) mass is 250 g/mol. The molecule has 1 aromatic rings. The molecule has 100 valence electrons. The van der Waals surface area contributed by atoms with Gasteiger partial charge in [-0.15, -0.1) is 0 Å². The van der Waals surface area contributed by atoms with Crippen LogP contribution >= 0.6 is 0 Å². The van der Waals surface area contributed by atoms with Crippen molar-refractivity contribution in [1.29, 1.82) is 0 Å². The Hall–Kier alpha value is -1.35. The Kier molecular flexibility index (Phi) is 5.35. The first kappa shape index (κ1) is 14.7. The molecule has 0 fully saturated rings. The molecule has 0 spiro atoms. The van der Waals surface area contributed by atoms with Gasteiger partial charge in [-0.2, -0.15) is 0 Å². The van der Waals surface area contributed by atoms with Crippen LogP contribution in [0.15, 0.2) is 30.3 Å². The van der Waals surface area contributed by atoms with Crippen LogP contribution in [-0.2, 0) is 14.9 Å². The van der Waals surface area contributed by atoms with Gasteiger partial charge >= 0.3 is 5.97 Å². The summed E-state index contributed by atoms with van der Waals surface area (Å²) in [5.41, 5.74) is 0.512. The molecule has 1 rings (SSSR count). The molecule has 0 amide bonds. The van der Waals surface area contributed by atoms with Crippen LogP contribution in [0.5, 0.6) is 0 Å². The van der Waals surface area contributed by atoms with Crippen LogP contribution in [0.3, 0.4) is 0 Å². The summed E-state index contributed by atoms with van der Waals surface area (Å²) in [5.74, 6) is -0.369. The standard InChI is InChI=1S/C15H22O3/c1-4-15(10-16,11-18-14(17)12(2)3)13-8-6-5-7-9-13/h5-9,12,16H,4,10-11H2,1-3H3/t15-/m0/s1. The second-order valence-corrected chi connectivity index (χ2v) is 4.92. The van der Waals surface area contributed by atoms with Crippen LogP contribution in [-0.4, -0.2) is 24.3 Å². The molecule has 0 saturated heterocycles. The molecular formula is C15H22O3. The van der Waals surface area contributed by atoms with Crippen LogP contribution in [0.1, 0.15) is 32.8 Å². The predicted octanol–water partition coefficient (Wildman–Crippen LogP) is 2.53. The van der Waals surface area contributed by atoms with Gasteiger partial charge in [-0.25, -0.2) is 0 Å². The van der Waals surface area contributed by atoms with Crippen LogP contribution < -0.4 is 0 Å². The van der Waals surface area contributed by atoms with Crippen molar-refractivity contribution >= 4 is 5.97 Å². The lowest BCUT2D eigenvalue weighted by Gasteiger charge is -2.31. The first-order valence-electron chi connectivity index (χ1n) is 6.38. The summed E-state index contributed by atoms with van der Waals surface area (Å²) < 4.78 is 5.31. The summed E-state index contributed by atoms with van der Waals surface area (Å²) in [6.45, 7) is 5.79. The van der Waals surface area contributed by atoms with Crippen LogP contribution in [0.2, 0.25) is 0 Å². The van der Waals surface area contributed by atoms with Crippen LogP contribution in [0, 0.1) is 5.92 Å². The van der Waals surface area contributed by atoms with Gasteiger partial charge in [0.1, 0.15) is 6.61 Å². The van der Waals surface area contributed by atoms with Gasteiger partial charge in [-0.1, -0.05) is 51.1 Å². The molecule has 1 N–H and O–H groups in total. The van der Waals surface area contributed by atoms with E-state index in [-0.39, 0.29) is 25.1 Å². The minimum absolute atomic E-state index is 0.0289. The lowest BCUT2D eigenvalue weighted by atomic mass is 9.79. The van der Waals surface area contributed by atoms with E-state index in [1.807, 2.05) is 37.3 Å². The zero-order valence-corrected chi connectivity index (χ0v) is 11.3. The van der Waals surface area contributed by atoms with Crippen molar-refractivity contribution in [3.63, 3.8) is 0 Å². The van der Waals surface area contributed by atoms with Gasteiger partial charge in [-0.05, 0) is 12.0 Å². The van der Waals surface area contributed by atoms with E-state index in [0.29, 0.717) is 0 Å². The van der Waals surface area contributed by atoms with E-state index >= 15 is 0 Å². The fourth-order valence-corrected chi connectivity index (χ4v) is 1.81. The third-order valence-electron chi connectivity index (χ3n) is 3.33. The number of hydrogen-bond acceptors (Lipinski definition) is 3. The van der Waals surface area contributed by atoms with Crippen molar-refractivity contribution < 1.29 is 14.6 Å². The Labute approximate surface area is 109 Å². The zero-order chi connectivity index (χ0) is 13.6. The smallest absolute Gasteiger partial charge is 0.308 e. The summed E-state index contributed by atoms with van der Waals surface area (Å²) in [5, 5.41) is 9.69. The van der Waals surface area contributed by atoms with Crippen molar-refractivity contribution in [3.8, 4) is 0 Å². The second-order valence-electron chi connectivity index (χ2n) is 4.92. The Bertz CT molecular complexity index is 367. The molecule has 0 unspecified atom stereocenters. The summed E-state index contributed by atoms with van der Waals surface area (Å²) in [6.07, 6.45) is 0.721. The number of aliphatic hydroxyl groups is 1. The van der Waals surface area contributed by atoms with Crippen LogP contribution in [0.4, 0.5) is 0 Å². The van der Waals surface area contributed by atoms with E-state index in [1.165, 1.54) is 0 Å². The number of rotatable bonds is 6. The highest BCUT2D eigenvalue weighted by molar-refractivity contribution is 5.71. The molecule has 18 heavy (non-hydrogen) atoms. The van der Waals surface area contributed by atoms with Crippen molar-refractivity contribution in [2.45, 2.75) is 32.6 Å². The molecule has 0 bridgehead atoms. The Morgan fingerprint density at radius 1 is 1.33 bits per heavy atom. The molecule has 3 heteroatoms. The molecule has 1 atom stereocenters. The summed E-state index contributed by atoms with van der Waals surface area (Å²) in [7, 11) is 0. The summed E-state index contributed by atoms with van der Waals surface area (Å²) >= 11 is 0. The average molecular weight is 250 g/mol. The number of benzene rings is 1. The van der Waals surface area contributed by atoms with Gasteiger partial charge in [0.2, 0.25) is 0 Å². The molecule has 1 aromatic carbocycles. The van der Waals surface area contributed by atoms with Gasteiger partial charge in [0.15, 0.2) is 0 Å². The van der Waals surface area contributed by atoms with Crippen LogP contribution in [0.25, 0.3) is 0 Å². The third kappa shape index (κ3) is 3.33. The zero-order valence-electron chi connectivity index (χ0n) is 11.3.